The third kappa shape index (κ3) is 4.02. The number of alkyl halides is 3. The highest BCUT2D eigenvalue weighted by molar-refractivity contribution is 5.39. The molecule has 19 heavy (non-hydrogen) atoms. The van der Waals surface area contributed by atoms with Gasteiger partial charge in [0.25, 0.3) is 0 Å². The molecular formula is C13H15F3O3. The van der Waals surface area contributed by atoms with Crippen molar-refractivity contribution in [1.29, 1.82) is 0 Å². The Bertz CT molecular complexity index is 425. The summed E-state index contributed by atoms with van der Waals surface area (Å²) in [5.74, 6) is -0.406. The molecule has 0 saturated heterocycles. The van der Waals surface area contributed by atoms with Gasteiger partial charge in [-0.05, 0) is 25.0 Å². The van der Waals surface area contributed by atoms with Crippen LogP contribution >= 0.6 is 0 Å². The van der Waals surface area contributed by atoms with E-state index >= 15 is 0 Å². The maximum absolute atomic E-state index is 12.2. The Morgan fingerprint density at radius 2 is 1.68 bits per heavy atom. The highest BCUT2D eigenvalue weighted by atomic mass is 19.4. The highest BCUT2D eigenvalue weighted by Gasteiger charge is 2.34. The summed E-state index contributed by atoms with van der Waals surface area (Å²) < 4.78 is 45.8. The minimum Gasteiger partial charge on any atom is -0.487 e. The molecule has 0 bridgehead atoms. The summed E-state index contributed by atoms with van der Waals surface area (Å²) in [5.41, 5.74) is -0.939. The van der Waals surface area contributed by atoms with Crippen LogP contribution in [-0.2, 0) is 0 Å². The first-order valence-corrected chi connectivity index (χ1v) is 6.08. The first-order chi connectivity index (χ1) is 8.88. The smallest absolute Gasteiger partial charge is 0.487 e. The molecule has 0 aromatic heterocycles. The molecule has 1 aliphatic rings. The quantitative estimate of drug-likeness (QED) is 0.917. The standard InChI is InChI=1S/C13H15F3O3/c14-13(15,16)19-11-6-2-1-5-10(11)18-9-12(17)7-3-4-8-12/h1-2,5-6,17H,3-4,7-9H2. The molecule has 106 valence electrons. The first kappa shape index (κ1) is 14.0. The van der Waals surface area contributed by atoms with E-state index in [-0.39, 0.29) is 12.4 Å². The lowest BCUT2D eigenvalue weighted by molar-refractivity contribution is -0.275. The summed E-state index contributed by atoms with van der Waals surface area (Å²) in [6, 6.07) is 5.55. The second-order valence-corrected chi connectivity index (χ2v) is 4.71. The first-order valence-electron chi connectivity index (χ1n) is 6.08. The number of hydrogen-bond acceptors (Lipinski definition) is 3. The third-order valence-corrected chi connectivity index (χ3v) is 3.11. The van der Waals surface area contributed by atoms with Gasteiger partial charge < -0.3 is 14.6 Å². The molecule has 0 amide bonds. The molecule has 0 radical (unpaired) electrons. The number of para-hydroxylation sites is 2. The Morgan fingerprint density at radius 3 is 2.26 bits per heavy atom. The van der Waals surface area contributed by atoms with Gasteiger partial charge in [0, 0.05) is 0 Å². The van der Waals surface area contributed by atoms with Gasteiger partial charge in [-0.25, -0.2) is 0 Å². The van der Waals surface area contributed by atoms with Crippen LogP contribution in [0.15, 0.2) is 24.3 Å². The average molecular weight is 276 g/mol. The zero-order valence-corrected chi connectivity index (χ0v) is 10.2. The van der Waals surface area contributed by atoms with Gasteiger partial charge in [0.15, 0.2) is 11.5 Å². The molecule has 0 spiro atoms. The fraction of sp³-hybridized carbons (Fsp3) is 0.538. The number of halogens is 3. The van der Waals surface area contributed by atoms with Crippen LogP contribution in [-0.4, -0.2) is 23.7 Å². The zero-order chi connectivity index (χ0) is 13.9. The van der Waals surface area contributed by atoms with Crippen LogP contribution in [0.2, 0.25) is 0 Å². The van der Waals surface area contributed by atoms with E-state index in [1.54, 1.807) is 6.07 Å². The molecule has 1 aromatic carbocycles. The molecule has 3 nitrogen and oxygen atoms in total. The average Bonchev–Trinajstić information content (AvgIpc) is 2.74. The fourth-order valence-corrected chi connectivity index (χ4v) is 2.17. The maximum Gasteiger partial charge on any atom is 0.573 e. The van der Waals surface area contributed by atoms with E-state index in [4.69, 9.17) is 4.74 Å². The van der Waals surface area contributed by atoms with E-state index in [1.807, 2.05) is 0 Å². The van der Waals surface area contributed by atoms with Gasteiger partial charge >= 0.3 is 6.36 Å². The van der Waals surface area contributed by atoms with E-state index in [0.717, 1.165) is 12.8 Å². The van der Waals surface area contributed by atoms with Gasteiger partial charge in [0.1, 0.15) is 6.61 Å². The van der Waals surface area contributed by atoms with Crippen molar-refractivity contribution in [3.8, 4) is 11.5 Å². The predicted molar refractivity (Wildman–Crippen MR) is 62.0 cm³/mol. The van der Waals surface area contributed by atoms with Crippen molar-refractivity contribution in [3.63, 3.8) is 0 Å². The number of hydrogen-bond donors (Lipinski definition) is 1. The summed E-state index contributed by atoms with van der Waals surface area (Å²) in [6.07, 6.45) is -1.74. The van der Waals surface area contributed by atoms with E-state index in [2.05, 4.69) is 4.74 Å². The molecule has 1 fully saturated rings. The van der Waals surface area contributed by atoms with Crippen LogP contribution in [0.1, 0.15) is 25.7 Å². The lowest BCUT2D eigenvalue weighted by atomic mass is 10.0. The number of aliphatic hydroxyl groups is 1. The summed E-state index contributed by atoms with van der Waals surface area (Å²) in [7, 11) is 0. The SMILES string of the molecule is OC1(COc2ccccc2OC(F)(F)F)CCCC1. The van der Waals surface area contributed by atoms with E-state index < -0.39 is 17.7 Å². The molecule has 1 saturated carbocycles. The van der Waals surface area contributed by atoms with Crippen molar-refractivity contribution in [2.45, 2.75) is 37.6 Å². The lowest BCUT2D eigenvalue weighted by Crippen LogP contribution is -2.32. The summed E-state index contributed by atoms with van der Waals surface area (Å²) >= 11 is 0. The summed E-state index contributed by atoms with van der Waals surface area (Å²) in [4.78, 5) is 0. The van der Waals surface area contributed by atoms with Gasteiger partial charge in [-0.2, -0.15) is 0 Å². The van der Waals surface area contributed by atoms with Crippen LogP contribution in [0.5, 0.6) is 11.5 Å². The van der Waals surface area contributed by atoms with Gasteiger partial charge in [-0.15, -0.1) is 13.2 Å². The maximum atomic E-state index is 12.2. The Hall–Kier alpha value is -1.43. The lowest BCUT2D eigenvalue weighted by Gasteiger charge is -2.23. The number of rotatable bonds is 4. The van der Waals surface area contributed by atoms with Crippen molar-refractivity contribution in [2.75, 3.05) is 6.61 Å². The van der Waals surface area contributed by atoms with Crippen molar-refractivity contribution in [1.82, 2.24) is 0 Å². The van der Waals surface area contributed by atoms with Gasteiger partial charge in [0.05, 0.1) is 5.60 Å². The minimum atomic E-state index is -4.76. The molecular weight excluding hydrogens is 261 g/mol. The number of benzene rings is 1. The van der Waals surface area contributed by atoms with Crippen LogP contribution < -0.4 is 9.47 Å². The molecule has 2 rings (SSSR count). The normalized spacial score (nSPS) is 18.3. The summed E-state index contributed by atoms with van der Waals surface area (Å²) in [6.45, 7) is -0.0226. The van der Waals surface area contributed by atoms with Crippen LogP contribution in [0.3, 0.4) is 0 Å². The van der Waals surface area contributed by atoms with Crippen LogP contribution in [0.25, 0.3) is 0 Å². The van der Waals surface area contributed by atoms with Crippen LogP contribution in [0.4, 0.5) is 13.2 Å². The molecule has 6 heteroatoms. The van der Waals surface area contributed by atoms with Crippen molar-refractivity contribution in [2.24, 2.45) is 0 Å². The van der Waals surface area contributed by atoms with Crippen molar-refractivity contribution >= 4 is 0 Å². The largest absolute Gasteiger partial charge is 0.573 e. The van der Waals surface area contributed by atoms with Gasteiger partial charge in [-0.1, -0.05) is 25.0 Å². The van der Waals surface area contributed by atoms with Crippen molar-refractivity contribution < 1.29 is 27.8 Å². The zero-order valence-electron chi connectivity index (χ0n) is 10.2. The molecule has 1 N–H and O–H groups in total. The number of ether oxygens (including phenoxy) is 2. The Kier molecular flexibility index (Phi) is 3.89. The highest BCUT2D eigenvalue weighted by Crippen LogP contribution is 2.34. The second kappa shape index (κ2) is 5.28. The predicted octanol–water partition coefficient (Wildman–Crippen LogP) is 3.27. The Morgan fingerprint density at radius 1 is 1.11 bits per heavy atom. The topological polar surface area (TPSA) is 38.7 Å². The van der Waals surface area contributed by atoms with Crippen LogP contribution in [0, 0.1) is 0 Å². The van der Waals surface area contributed by atoms with E-state index in [1.165, 1.54) is 18.2 Å². The third-order valence-electron chi connectivity index (χ3n) is 3.11. The van der Waals surface area contributed by atoms with Crippen molar-refractivity contribution in [3.05, 3.63) is 24.3 Å². The molecule has 1 aromatic rings. The van der Waals surface area contributed by atoms with Gasteiger partial charge in [0.2, 0.25) is 0 Å². The van der Waals surface area contributed by atoms with E-state index in [0.29, 0.717) is 12.8 Å². The molecule has 0 heterocycles. The molecule has 0 atom stereocenters. The minimum absolute atomic E-state index is 0.0138. The van der Waals surface area contributed by atoms with Gasteiger partial charge in [-0.3, -0.25) is 0 Å². The molecule has 0 aliphatic heterocycles. The Balaban J connectivity index is 2.03. The molecule has 0 unspecified atom stereocenters. The Labute approximate surface area is 108 Å². The second-order valence-electron chi connectivity index (χ2n) is 4.71. The summed E-state index contributed by atoms with van der Waals surface area (Å²) in [5, 5.41) is 10.1. The van der Waals surface area contributed by atoms with E-state index in [9.17, 15) is 18.3 Å². The monoisotopic (exact) mass is 276 g/mol. The fourth-order valence-electron chi connectivity index (χ4n) is 2.17. The molecule has 1 aliphatic carbocycles.